The number of ether oxygens (including phenoxy) is 1. The lowest BCUT2D eigenvalue weighted by atomic mass is 10.1. The third-order valence-corrected chi connectivity index (χ3v) is 6.16. The molecule has 7 heteroatoms. The first kappa shape index (κ1) is 14.1. The first-order chi connectivity index (χ1) is 8.04. The molecule has 1 spiro atoms. The van der Waals surface area contributed by atoms with Gasteiger partial charge in [-0.2, -0.15) is 0 Å². The van der Waals surface area contributed by atoms with Crippen LogP contribution in [0.5, 0.6) is 0 Å². The zero-order valence-electron chi connectivity index (χ0n) is 10.9. The lowest BCUT2D eigenvalue weighted by Crippen LogP contribution is -2.41. The molecule has 2 rings (SSSR count). The average molecular weight is 283 g/mol. The fraction of sp³-hybridized carbons (Fsp3) is 1.00. The van der Waals surface area contributed by atoms with Crippen molar-refractivity contribution in [1.82, 2.24) is 4.31 Å². The summed E-state index contributed by atoms with van der Waals surface area (Å²) in [5, 5.41) is 0. The number of nitrogens with zero attached hydrogens (tertiary/aromatic N) is 1. The van der Waals surface area contributed by atoms with Gasteiger partial charge in [-0.1, -0.05) is 0 Å². The van der Waals surface area contributed by atoms with Crippen LogP contribution in [0.1, 0.15) is 26.7 Å². The molecule has 0 radical (unpaired) electrons. The highest BCUT2D eigenvalue weighted by atomic mass is 32.2. The van der Waals surface area contributed by atoms with Crippen molar-refractivity contribution in [2.24, 2.45) is 5.41 Å². The first-order valence-corrected chi connectivity index (χ1v) is 7.55. The monoisotopic (exact) mass is 283 g/mol. The number of alkyl halides is 2. The average Bonchev–Trinajstić information content (AvgIpc) is 2.60. The van der Waals surface area contributed by atoms with Gasteiger partial charge in [-0.3, -0.25) is 0 Å². The quantitative estimate of drug-likeness (QED) is 0.785. The molecule has 4 nitrogen and oxygen atoms in total. The maximum Gasteiger partial charge on any atom is 0.256 e. The predicted molar refractivity (Wildman–Crippen MR) is 63.1 cm³/mol. The van der Waals surface area contributed by atoms with Crippen molar-refractivity contribution in [2.75, 3.05) is 26.0 Å². The summed E-state index contributed by atoms with van der Waals surface area (Å²) in [7, 11) is -2.10. The number of sulfonamides is 1. The van der Waals surface area contributed by atoms with E-state index in [1.54, 1.807) is 13.8 Å². The number of halogens is 2. The SMILES string of the molecule is COC(C)(C)CS(=O)(=O)N1CC[C@]2(C1)CC2(F)F. The van der Waals surface area contributed by atoms with Crippen molar-refractivity contribution in [2.45, 2.75) is 38.2 Å². The Morgan fingerprint density at radius 3 is 2.33 bits per heavy atom. The lowest BCUT2D eigenvalue weighted by molar-refractivity contribution is 0.0416. The number of rotatable bonds is 4. The Kier molecular flexibility index (Phi) is 3.04. The van der Waals surface area contributed by atoms with E-state index in [2.05, 4.69) is 0 Å². The fourth-order valence-electron chi connectivity index (χ4n) is 2.48. The van der Waals surface area contributed by atoms with Crippen molar-refractivity contribution in [3.8, 4) is 0 Å². The van der Waals surface area contributed by atoms with E-state index in [-0.39, 0.29) is 31.7 Å². The van der Waals surface area contributed by atoms with Gasteiger partial charge in [0.05, 0.1) is 16.8 Å². The van der Waals surface area contributed by atoms with E-state index in [9.17, 15) is 17.2 Å². The second-order valence-corrected chi connectivity index (χ2v) is 7.93. The van der Waals surface area contributed by atoms with Gasteiger partial charge < -0.3 is 4.74 Å². The van der Waals surface area contributed by atoms with Crippen LogP contribution in [0.25, 0.3) is 0 Å². The Morgan fingerprint density at radius 2 is 1.94 bits per heavy atom. The van der Waals surface area contributed by atoms with E-state index < -0.39 is 27.0 Å². The molecule has 1 aliphatic carbocycles. The summed E-state index contributed by atoms with van der Waals surface area (Å²) in [5.41, 5.74) is -1.89. The van der Waals surface area contributed by atoms with Crippen LogP contribution >= 0.6 is 0 Å². The van der Waals surface area contributed by atoms with E-state index in [0.29, 0.717) is 0 Å². The summed E-state index contributed by atoms with van der Waals surface area (Å²) >= 11 is 0. The molecule has 2 fully saturated rings. The van der Waals surface area contributed by atoms with Crippen LogP contribution < -0.4 is 0 Å². The smallest absolute Gasteiger partial charge is 0.256 e. The van der Waals surface area contributed by atoms with Gasteiger partial charge >= 0.3 is 0 Å². The minimum absolute atomic E-state index is 0.0534. The summed E-state index contributed by atoms with van der Waals surface area (Å²) in [6, 6.07) is 0. The zero-order valence-corrected chi connectivity index (χ0v) is 11.7. The molecular weight excluding hydrogens is 264 g/mol. The third kappa shape index (κ3) is 2.28. The normalized spacial score (nSPS) is 32.1. The number of hydrogen-bond acceptors (Lipinski definition) is 3. The van der Waals surface area contributed by atoms with E-state index in [0.717, 1.165) is 0 Å². The number of hydrogen-bond donors (Lipinski definition) is 0. The molecule has 1 atom stereocenters. The minimum Gasteiger partial charge on any atom is -0.378 e. The van der Waals surface area contributed by atoms with Crippen LogP contribution in [0.3, 0.4) is 0 Å². The zero-order chi connectivity index (χ0) is 13.8. The van der Waals surface area contributed by atoms with Crippen LogP contribution in [-0.2, 0) is 14.8 Å². The Bertz CT molecular complexity index is 449. The molecule has 0 aromatic rings. The molecule has 18 heavy (non-hydrogen) atoms. The molecule has 1 aliphatic heterocycles. The van der Waals surface area contributed by atoms with Gasteiger partial charge in [0.15, 0.2) is 0 Å². The summed E-state index contributed by atoms with van der Waals surface area (Å²) in [6.07, 6.45) is 0.0757. The largest absolute Gasteiger partial charge is 0.378 e. The highest BCUT2D eigenvalue weighted by Gasteiger charge is 2.73. The maximum atomic E-state index is 13.2. The van der Waals surface area contributed by atoms with E-state index in [4.69, 9.17) is 4.74 Å². The highest BCUT2D eigenvalue weighted by Crippen LogP contribution is 2.65. The van der Waals surface area contributed by atoms with Gasteiger partial charge in [-0.15, -0.1) is 0 Å². The van der Waals surface area contributed by atoms with Gasteiger partial charge in [-0.25, -0.2) is 21.5 Å². The fourth-order valence-corrected chi connectivity index (χ4v) is 4.48. The van der Waals surface area contributed by atoms with Crippen LogP contribution in [-0.4, -0.2) is 50.2 Å². The summed E-state index contributed by atoms with van der Waals surface area (Å²) in [6.45, 7) is 3.48. The standard InChI is InChI=1S/C11H19F2NO3S/c1-9(2,17-3)8-18(15,16)14-5-4-10(7-14)6-11(10,12)13/h4-8H2,1-3H3/t10-/m1/s1. The molecular formula is C11H19F2NO3S. The highest BCUT2D eigenvalue weighted by molar-refractivity contribution is 7.89. The van der Waals surface area contributed by atoms with Gasteiger partial charge in [0.2, 0.25) is 10.0 Å². The van der Waals surface area contributed by atoms with E-state index in [1.165, 1.54) is 11.4 Å². The van der Waals surface area contributed by atoms with Gasteiger partial charge in [0.25, 0.3) is 5.92 Å². The Morgan fingerprint density at radius 1 is 1.39 bits per heavy atom. The molecule has 0 unspecified atom stereocenters. The predicted octanol–water partition coefficient (Wildman–Crippen LogP) is 1.47. The molecule has 106 valence electrons. The third-order valence-electron chi connectivity index (χ3n) is 4.01. The van der Waals surface area contributed by atoms with Gasteiger partial charge in [0.1, 0.15) is 0 Å². The molecule has 1 saturated carbocycles. The van der Waals surface area contributed by atoms with Crippen molar-refractivity contribution in [3.05, 3.63) is 0 Å². The lowest BCUT2D eigenvalue weighted by Gasteiger charge is -2.26. The van der Waals surface area contributed by atoms with Crippen LogP contribution in [0.2, 0.25) is 0 Å². The molecule has 0 amide bonds. The molecule has 1 saturated heterocycles. The molecule has 0 aromatic carbocycles. The Hall–Kier alpha value is -0.270. The van der Waals surface area contributed by atoms with Crippen molar-refractivity contribution >= 4 is 10.0 Å². The molecule has 0 aromatic heterocycles. The van der Waals surface area contributed by atoms with Crippen molar-refractivity contribution in [3.63, 3.8) is 0 Å². The topological polar surface area (TPSA) is 46.6 Å². The number of methoxy groups -OCH3 is 1. The molecule has 1 heterocycles. The maximum absolute atomic E-state index is 13.2. The summed E-state index contributed by atoms with van der Waals surface area (Å²) in [4.78, 5) is 0. The second kappa shape index (κ2) is 3.86. The van der Waals surface area contributed by atoms with Crippen LogP contribution in [0.4, 0.5) is 8.78 Å². The Labute approximate surface area is 106 Å². The van der Waals surface area contributed by atoms with E-state index in [1.807, 2.05) is 0 Å². The van der Waals surface area contributed by atoms with E-state index >= 15 is 0 Å². The van der Waals surface area contributed by atoms with Crippen LogP contribution in [0, 0.1) is 5.41 Å². The second-order valence-electron chi connectivity index (χ2n) is 5.97. The van der Waals surface area contributed by atoms with Crippen molar-refractivity contribution in [1.29, 1.82) is 0 Å². The van der Waals surface area contributed by atoms with Gasteiger partial charge in [-0.05, 0) is 20.3 Å². The Balaban J connectivity index is 2.06. The first-order valence-electron chi connectivity index (χ1n) is 5.95. The van der Waals surface area contributed by atoms with Crippen LogP contribution in [0.15, 0.2) is 0 Å². The molecule has 0 bridgehead atoms. The van der Waals surface area contributed by atoms with Gasteiger partial charge in [0, 0.05) is 26.6 Å². The summed E-state index contributed by atoms with van der Waals surface area (Å²) in [5.74, 6) is -2.87. The molecule has 2 aliphatic rings. The molecule has 0 N–H and O–H groups in total. The summed E-state index contributed by atoms with van der Waals surface area (Å²) < 4.78 is 57.0. The van der Waals surface area contributed by atoms with Crippen molar-refractivity contribution < 1.29 is 21.9 Å². The minimum atomic E-state index is -3.54.